The van der Waals surface area contributed by atoms with Crippen LogP contribution in [0.2, 0.25) is 0 Å². The lowest BCUT2D eigenvalue weighted by molar-refractivity contribution is 0.565. The van der Waals surface area contributed by atoms with Crippen molar-refractivity contribution < 1.29 is 4.79 Å². The smallest absolute Gasteiger partial charge is 0.219 e. The molecule has 0 saturated carbocycles. The molecule has 0 atom stereocenters. The molecule has 0 radical (unpaired) electrons. The first kappa shape index (κ1) is 7.64. The van der Waals surface area contributed by atoms with Crippen molar-refractivity contribution in [3.8, 4) is 0 Å². The molecule has 0 aliphatic rings. The van der Waals surface area contributed by atoms with Crippen molar-refractivity contribution in [3.63, 3.8) is 0 Å². The second-order valence-electron chi connectivity index (χ2n) is 2.55. The third kappa shape index (κ3) is 1.32. The third-order valence-electron chi connectivity index (χ3n) is 1.60. The Morgan fingerprint density at radius 3 is 3.15 bits per heavy atom. The highest BCUT2D eigenvalue weighted by Gasteiger charge is 1.98. The van der Waals surface area contributed by atoms with E-state index in [0.29, 0.717) is 11.5 Å². The van der Waals surface area contributed by atoms with Crippen LogP contribution in [0.4, 0.5) is 5.69 Å². The Hall–Kier alpha value is -2.00. The Balaban J connectivity index is 2.67. The minimum Gasteiger partial charge on any atom is -0.219 e. The van der Waals surface area contributed by atoms with Gasteiger partial charge in [0, 0.05) is 0 Å². The highest BCUT2D eigenvalue weighted by Crippen LogP contribution is 2.11. The van der Waals surface area contributed by atoms with Crippen LogP contribution >= 0.6 is 0 Å². The fraction of sp³-hybridized carbons (Fsp3) is 0.125. The van der Waals surface area contributed by atoms with Gasteiger partial charge in [0.05, 0.1) is 11.9 Å². The molecule has 5 heteroatoms. The van der Waals surface area contributed by atoms with Crippen LogP contribution in [0.5, 0.6) is 0 Å². The maximum atomic E-state index is 9.98. The van der Waals surface area contributed by atoms with Crippen LogP contribution < -0.4 is 0 Å². The van der Waals surface area contributed by atoms with Gasteiger partial charge in [0.15, 0.2) is 5.65 Å². The molecular weight excluding hydrogens is 168 g/mol. The number of aliphatic imine (C=N–C) groups is 1. The van der Waals surface area contributed by atoms with E-state index in [9.17, 15) is 4.79 Å². The predicted octanol–water partition coefficient (Wildman–Crippen LogP) is 1.01. The quantitative estimate of drug-likeness (QED) is 0.478. The number of hydrogen-bond acceptors (Lipinski definition) is 4. The van der Waals surface area contributed by atoms with Gasteiger partial charge in [0.2, 0.25) is 6.08 Å². The molecule has 0 aromatic carbocycles. The summed E-state index contributed by atoms with van der Waals surface area (Å²) in [6.45, 7) is 1.80. The van der Waals surface area contributed by atoms with E-state index in [2.05, 4.69) is 15.1 Å². The maximum Gasteiger partial charge on any atom is 0.240 e. The molecular formula is C8H6N4O. The Morgan fingerprint density at radius 2 is 2.38 bits per heavy atom. The third-order valence-corrected chi connectivity index (χ3v) is 1.60. The Kier molecular flexibility index (Phi) is 1.65. The van der Waals surface area contributed by atoms with Gasteiger partial charge in [-0.25, -0.2) is 14.3 Å². The zero-order valence-corrected chi connectivity index (χ0v) is 6.93. The number of aryl methyl sites for hydroxylation is 1. The van der Waals surface area contributed by atoms with Crippen molar-refractivity contribution in [1.29, 1.82) is 0 Å². The van der Waals surface area contributed by atoms with E-state index >= 15 is 0 Å². The summed E-state index contributed by atoms with van der Waals surface area (Å²) in [6.07, 6.45) is 3.09. The lowest BCUT2D eigenvalue weighted by Crippen LogP contribution is -1.85. The van der Waals surface area contributed by atoms with Crippen molar-refractivity contribution in [1.82, 2.24) is 14.6 Å². The van der Waals surface area contributed by atoms with E-state index in [1.54, 1.807) is 29.8 Å². The van der Waals surface area contributed by atoms with Gasteiger partial charge >= 0.3 is 0 Å². The molecule has 5 nitrogen and oxygen atoms in total. The summed E-state index contributed by atoms with van der Waals surface area (Å²) in [6, 6.07) is 3.44. The fourth-order valence-electron chi connectivity index (χ4n) is 1.10. The van der Waals surface area contributed by atoms with Crippen molar-refractivity contribution >= 4 is 17.4 Å². The maximum absolute atomic E-state index is 9.98. The van der Waals surface area contributed by atoms with E-state index in [1.165, 1.54) is 6.08 Å². The van der Waals surface area contributed by atoms with Gasteiger partial charge in [-0.05, 0) is 19.1 Å². The standard InChI is InChI=1S/C8H6N4O/c1-6-10-8-3-2-7(9-5-13)4-12(8)11-6/h2-4H,1H3. The molecule has 0 aliphatic heterocycles. The van der Waals surface area contributed by atoms with E-state index in [0.717, 1.165) is 5.65 Å². The average Bonchev–Trinajstić information content (AvgIpc) is 2.44. The number of isocyanates is 1. The van der Waals surface area contributed by atoms with Crippen LogP contribution in [0, 0.1) is 6.92 Å². The number of fused-ring (bicyclic) bond motifs is 1. The molecule has 2 rings (SSSR count). The Bertz CT molecular complexity index is 496. The van der Waals surface area contributed by atoms with Crippen LogP contribution in [0.25, 0.3) is 5.65 Å². The predicted molar refractivity (Wildman–Crippen MR) is 45.5 cm³/mol. The molecule has 0 spiro atoms. The minimum atomic E-state index is 0.521. The summed E-state index contributed by atoms with van der Waals surface area (Å²) in [5.74, 6) is 0.687. The van der Waals surface area contributed by atoms with Gasteiger partial charge < -0.3 is 0 Å². The molecule has 0 amide bonds. The van der Waals surface area contributed by atoms with E-state index in [1.807, 2.05) is 0 Å². The molecule has 64 valence electrons. The topological polar surface area (TPSA) is 59.6 Å². The largest absolute Gasteiger partial charge is 0.240 e. The van der Waals surface area contributed by atoms with Gasteiger partial charge in [0.25, 0.3) is 0 Å². The van der Waals surface area contributed by atoms with E-state index in [-0.39, 0.29) is 0 Å². The van der Waals surface area contributed by atoms with Crippen molar-refractivity contribution in [2.24, 2.45) is 4.99 Å². The zero-order valence-electron chi connectivity index (χ0n) is 6.93. The molecule has 2 aromatic heterocycles. The first-order valence-corrected chi connectivity index (χ1v) is 3.70. The second kappa shape index (κ2) is 2.80. The van der Waals surface area contributed by atoms with Crippen LogP contribution in [-0.2, 0) is 4.79 Å². The van der Waals surface area contributed by atoms with Crippen LogP contribution in [0.15, 0.2) is 23.3 Å². The number of aromatic nitrogens is 3. The molecule has 0 bridgehead atoms. The first-order chi connectivity index (χ1) is 6.29. The van der Waals surface area contributed by atoms with E-state index < -0.39 is 0 Å². The van der Waals surface area contributed by atoms with Gasteiger partial charge in [0.1, 0.15) is 5.82 Å². The minimum absolute atomic E-state index is 0.521. The van der Waals surface area contributed by atoms with Gasteiger partial charge in [-0.2, -0.15) is 10.1 Å². The molecule has 0 unspecified atom stereocenters. The van der Waals surface area contributed by atoms with Crippen LogP contribution in [-0.4, -0.2) is 20.7 Å². The monoisotopic (exact) mass is 174 g/mol. The van der Waals surface area contributed by atoms with Gasteiger partial charge in [-0.15, -0.1) is 0 Å². The highest BCUT2D eigenvalue weighted by atomic mass is 16.1. The summed E-state index contributed by atoms with van der Waals surface area (Å²) >= 11 is 0. The van der Waals surface area contributed by atoms with Crippen LogP contribution in [0.1, 0.15) is 5.82 Å². The van der Waals surface area contributed by atoms with Crippen molar-refractivity contribution in [3.05, 3.63) is 24.2 Å². The Labute approximate surface area is 73.7 Å². The summed E-state index contributed by atoms with van der Waals surface area (Å²) < 4.78 is 1.57. The molecule has 2 heterocycles. The summed E-state index contributed by atoms with van der Waals surface area (Å²) in [5.41, 5.74) is 1.26. The number of rotatable bonds is 1. The van der Waals surface area contributed by atoms with Gasteiger partial charge in [-0.1, -0.05) is 0 Å². The number of nitrogens with zero attached hydrogens (tertiary/aromatic N) is 4. The highest BCUT2D eigenvalue weighted by molar-refractivity contribution is 5.51. The SMILES string of the molecule is Cc1nc2ccc(N=C=O)cn2n1. The lowest BCUT2D eigenvalue weighted by atomic mass is 10.4. The summed E-state index contributed by atoms with van der Waals surface area (Å²) in [5, 5.41) is 4.07. The van der Waals surface area contributed by atoms with E-state index in [4.69, 9.17) is 0 Å². The molecule has 0 aliphatic carbocycles. The average molecular weight is 174 g/mol. The van der Waals surface area contributed by atoms with Crippen molar-refractivity contribution in [2.75, 3.05) is 0 Å². The molecule has 0 saturated heterocycles. The molecule has 0 N–H and O–H groups in total. The summed E-state index contributed by atoms with van der Waals surface area (Å²) in [7, 11) is 0. The summed E-state index contributed by atoms with van der Waals surface area (Å²) in [4.78, 5) is 17.6. The normalized spacial score (nSPS) is 9.92. The molecule has 0 fully saturated rings. The van der Waals surface area contributed by atoms with Crippen molar-refractivity contribution in [2.45, 2.75) is 6.92 Å². The zero-order chi connectivity index (χ0) is 9.26. The fourth-order valence-corrected chi connectivity index (χ4v) is 1.10. The number of carbonyl (C=O) groups excluding carboxylic acids is 1. The Morgan fingerprint density at radius 1 is 1.54 bits per heavy atom. The van der Waals surface area contributed by atoms with Gasteiger partial charge in [-0.3, -0.25) is 0 Å². The van der Waals surface area contributed by atoms with Crippen LogP contribution in [0.3, 0.4) is 0 Å². The lowest BCUT2D eigenvalue weighted by Gasteiger charge is -1.90. The number of pyridine rings is 1. The first-order valence-electron chi connectivity index (χ1n) is 3.70. The number of hydrogen-bond donors (Lipinski definition) is 0. The molecule has 13 heavy (non-hydrogen) atoms. The molecule has 2 aromatic rings. The second-order valence-corrected chi connectivity index (χ2v) is 2.55.